The third kappa shape index (κ3) is 7.44. The summed E-state index contributed by atoms with van der Waals surface area (Å²) >= 11 is 6.00. The molecule has 0 aliphatic carbocycles. The van der Waals surface area contributed by atoms with Crippen LogP contribution in [0.25, 0.3) is 0 Å². The number of benzene rings is 1. The fraction of sp³-hybridized carbons (Fsp3) is 0.583. The predicted octanol–water partition coefficient (Wildman–Crippen LogP) is 3.68. The van der Waals surface area contributed by atoms with Gasteiger partial charge in [0.1, 0.15) is 12.1 Å². The second-order valence-corrected chi connectivity index (χ2v) is 10.2. The van der Waals surface area contributed by atoms with Crippen molar-refractivity contribution in [3.8, 4) is 0 Å². The molecule has 1 aromatic carbocycles. The highest BCUT2D eigenvalue weighted by molar-refractivity contribution is 7.20. The average Bonchev–Trinajstić information content (AvgIpc) is 3.24. The van der Waals surface area contributed by atoms with Crippen molar-refractivity contribution in [3.63, 3.8) is 0 Å². The lowest BCUT2D eigenvalue weighted by Crippen LogP contribution is -2.54. The van der Waals surface area contributed by atoms with E-state index in [2.05, 4.69) is 33.3 Å². The number of hydrogen-bond acceptors (Lipinski definition) is 4. The van der Waals surface area contributed by atoms with E-state index in [-0.39, 0.29) is 22.9 Å². The number of rotatable bonds is 10. The van der Waals surface area contributed by atoms with Crippen LogP contribution < -0.4 is 16.4 Å². The maximum atomic E-state index is 13.2. The summed E-state index contributed by atoms with van der Waals surface area (Å²) in [6.07, 6.45) is 4.14. The van der Waals surface area contributed by atoms with Crippen molar-refractivity contribution in [1.29, 1.82) is 0 Å². The molecule has 1 aliphatic heterocycles. The summed E-state index contributed by atoms with van der Waals surface area (Å²) in [5.74, 6) is -0.510. The number of carbonyl (C=O) groups excluding carboxylic acids is 3. The molecule has 182 valence electrons. The lowest BCUT2D eigenvalue weighted by molar-refractivity contribution is -0.139. The highest BCUT2D eigenvalue weighted by Crippen LogP contribution is 2.22. The second-order valence-electron chi connectivity index (χ2n) is 8.99. The Kier molecular flexibility index (Phi) is 10.2. The van der Waals surface area contributed by atoms with E-state index < -0.39 is 18.0 Å². The van der Waals surface area contributed by atoms with E-state index in [4.69, 9.17) is 17.3 Å². The van der Waals surface area contributed by atoms with Crippen LogP contribution in [0, 0.1) is 5.92 Å². The molecular formula is C24H36ClN4O3P. The van der Waals surface area contributed by atoms with Crippen molar-refractivity contribution in [3.05, 3.63) is 28.8 Å². The monoisotopic (exact) mass is 494 g/mol. The van der Waals surface area contributed by atoms with Crippen LogP contribution in [0.15, 0.2) is 18.2 Å². The van der Waals surface area contributed by atoms with Gasteiger partial charge in [0, 0.05) is 18.2 Å². The molecule has 4 N–H and O–H groups in total. The van der Waals surface area contributed by atoms with E-state index in [1.54, 1.807) is 24.0 Å². The SMILES string of the molecule is CCCC(C)C(CC(C)=P)NC(=O)C1CCCN1C(=O)C(C)NC(=O)c1ccc(N)c(Cl)c1. The quantitative estimate of drug-likeness (QED) is 0.341. The van der Waals surface area contributed by atoms with E-state index in [0.29, 0.717) is 30.1 Å². The smallest absolute Gasteiger partial charge is 0.251 e. The summed E-state index contributed by atoms with van der Waals surface area (Å²) in [5, 5.41) is 7.24. The molecule has 3 amide bonds. The number of hydrogen-bond donors (Lipinski definition) is 3. The van der Waals surface area contributed by atoms with Crippen LogP contribution in [-0.2, 0) is 9.59 Å². The van der Waals surface area contributed by atoms with E-state index in [1.807, 2.05) is 6.92 Å². The molecule has 1 fully saturated rings. The molecule has 1 saturated heterocycles. The molecular weight excluding hydrogens is 459 g/mol. The predicted molar refractivity (Wildman–Crippen MR) is 137 cm³/mol. The second kappa shape index (κ2) is 12.4. The summed E-state index contributed by atoms with van der Waals surface area (Å²) in [7, 11) is 3.57. The van der Waals surface area contributed by atoms with Crippen LogP contribution in [0.4, 0.5) is 5.69 Å². The number of likely N-dealkylation sites (tertiary alicyclic amines) is 1. The molecule has 1 aliphatic rings. The van der Waals surface area contributed by atoms with Crippen molar-refractivity contribution in [2.45, 2.75) is 77.9 Å². The van der Waals surface area contributed by atoms with Crippen LogP contribution in [0.2, 0.25) is 5.02 Å². The van der Waals surface area contributed by atoms with Crippen molar-refractivity contribution >= 4 is 49.2 Å². The minimum atomic E-state index is -0.783. The van der Waals surface area contributed by atoms with Crippen molar-refractivity contribution in [2.24, 2.45) is 5.92 Å². The molecule has 0 saturated carbocycles. The standard InChI is InChI=1S/C24H36ClN4O3P/c1-5-7-14(2)20(12-15(3)33)28-23(31)21-8-6-11-29(21)24(32)16(4)27-22(30)17-9-10-19(26)18(25)13-17/h9-10,13-14,16,20-21,33H,5-8,11-12,26H2,1-4H3,(H,27,30)(H,28,31). The van der Waals surface area contributed by atoms with Crippen molar-refractivity contribution in [2.75, 3.05) is 12.3 Å². The van der Waals surface area contributed by atoms with Crippen molar-refractivity contribution in [1.82, 2.24) is 15.5 Å². The molecule has 0 bridgehead atoms. The van der Waals surface area contributed by atoms with Gasteiger partial charge in [-0.3, -0.25) is 14.4 Å². The van der Waals surface area contributed by atoms with E-state index in [9.17, 15) is 14.4 Å². The van der Waals surface area contributed by atoms with Gasteiger partial charge in [0.25, 0.3) is 5.91 Å². The van der Waals surface area contributed by atoms with Crippen LogP contribution in [0.1, 0.15) is 70.2 Å². The molecule has 2 rings (SSSR count). The first-order chi connectivity index (χ1) is 15.5. The number of carbonyl (C=O) groups is 3. The van der Waals surface area contributed by atoms with Gasteiger partial charge in [0.15, 0.2) is 0 Å². The lowest BCUT2D eigenvalue weighted by Gasteiger charge is -2.31. The van der Waals surface area contributed by atoms with Gasteiger partial charge >= 0.3 is 0 Å². The zero-order valence-electron chi connectivity index (χ0n) is 19.9. The van der Waals surface area contributed by atoms with Gasteiger partial charge in [-0.15, -0.1) is 8.86 Å². The Balaban J connectivity index is 2.05. The first-order valence-electron chi connectivity index (χ1n) is 11.6. The summed E-state index contributed by atoms with van der Waals surface area (Å²) in [6, 6.07) is 3.26. The fourth-order valence-corrected chi connectivity index (χ4v) is 4.62. The Hall–Kier alpha value is -2.11. The average molecular weight is 495 g/mol. The summed E-state index contributed by atoms with van der Waals surface area (Å²) < 4.78 is 0. The first kappa shape index (κ1) is 27.1. The zero-order chi connectivity index (χ0) is 24.7. The normalized spacial score (nSPS) is 18.3. The summed E-state index contributed by atoms with van der Waals surface area (Å²) in [4.78, 5) is 40.4. The Labute approximate surface area is 204 Å². The molecule has 0 spiro atoms. The number of anilines is 1. The molecule has 4 atom stereocenters. The number of nitrogen functional groups attached to an aromatic ring is 1. The first-order valence-corrected chi connectivity index (χ1v) is 12.4. The third-order valence-corrected chi connectivity index (χ3v) is 6.64. The Bertz CT molecular complexity index is 894. The van der Waals surface area contributed by atoms with Gasteiger partial charge in [0.2, 0.25) is 11.8 Å². The Morgan fingerprint density at radius 2 is 1.97 bits per heavy atom. The van der Waals surface area contributed by atoms with Gasteiger partial charge in [0.05, 0.1) is 10.7 Å². The number of nitrogens with two attached hydrogens (primary N) is 1. The van der Waals surface area contributed by atoms with Crippen LogP contribution in [0.3, 0.4) is 0 Å². The van der Waals surface area contributed by atoms with Crippen LogP contribution >= 0.6 is 20.5 Å². The largest absolute Gasteiger partial charge is 0.398 e. The number of nitrogens with one attached hydrogen (secondary N) is 2. The highest BCUT2D eigenvalue weighted by Gasteiger charge is 2.37. The Morgan fingerprint density at radius 1 is 1.27 bits per heavy atom. The minimum absolute atomic E-state index is 0.0000984. The molecule has 33 heavy (non-hydrogen) atoms. The maximum absolute atomic E-state index is 13.2. The van der Waals surface area contributed by atoms with E-state index in [0.717, 1.165) is 31.0 Å². The van der Waals surface area contributed by atoms with Crippen molar-refractivity contribution < 1.29 is 14.4 Å². The van der Waals surface area contributed by atoms with Gasteiger partial charge < -0.3 is 21.3 Å². The fourth-order valence-electron chi connectivity index (χ4n) is 4.22. The topological polar surface area (TPSA) is 105 Å². The van der Waals surface area contributed by atoms with Gasteiger partial charge in [-0.05, 0) is 63.6 Å². The minimum Gasteiger partial charge on any atom is -0.398 e. The Morgan fingerprint density at radius 3 is 2.58 bits per heavy atom. The molecule has 9 heteroatoms. The summed E-state index contributed by atoms with van der Waals surface area (Å²) in [6.45, 7) is 8.37. The summed E-state index contributed by atoms with van der Waals surface area (Å²) in [5.41, 5.74) is 6.39. The molecule has 1 aromatic rings. The van der Waals surface area contributed by atoms with E-state index >= 15 is 0 Å². The molecule has 0 radical (unpaired) electrons. The highest BCUT2D eigenvalue weighted by atomic mass is 35.5. The number of halogens is 1. The lowest BCUT2D eigenvalue weighted by atomic mass is 9.93. The third-order valence-electron chi connectivity index (χ3n) is 6.10. The molecule has 4 unspecified atom stereocenters. The molecule has 0 aromatic heterocycles. The number of amides is 3. The van der Waals surface area contributed by atoms with Crippen LogP contribution in [-0.4, -0.2) is 52.6 Å². The molecule has 1 heterocycles. The van der Waals surface area contributed by atoms with Gasteiger partial charge in [-0.1, -0.05) is 37.2 Å². The van der Waals surface area contributed by atoms with Gasteiger partial charge in [-0.2, -0.15) is 0 Å². The number of nitrogens with zero attached hydrogens (tertiary/aromatic N) is 1. The van der Waals surface area contributed by atoms with E-state index in [1.165, 1.54) is 6.07 Å². The zero-order valence-corrected chi connectivity index (χ0v) is 21.7. The molecule has 7 nitrogen and oxygen atoms in total. The van der Waals surface area contributed by atoms with Crippen LogP contribution in [0.5, 0.6) is 0 Å². The van der Waals surface area contributed by atoms with Gasteiger partial charge in [-0.25, -0.2) is 0 Å². The maximum Gasteiger partial charge on any atom is 0.251 e.